The monoisotopic (exact) mass is 627 g/mol. The van der Waals surface area contributed by atoms with Gasteiger partial charge in [-0.1, -0.05) is 27.7 Å². The van der Waals surface area contributed by atoms with Gasteiger partial charge in [-0.3, -0.25) is 19.4 Å². The maximum atomic E-state index is 10.6. The molecule has 1 aliphatic heterocycles. The minimum Gasteiger partial charge on any atom is -0.481 e. The number of carbonyl (C=O) groups is 3. The minimum absolute atomic E-state index is 0.0811. The summed E-state index contributed by atoms with van der Waals surface area (Å²) in [6.07, 6.45) is -0.901. The summed E-state index contributed by atoms with van der Waals surface area (Å²) in [5.41, 5.74) is 0. The van der Waals surface area contributed by atoms with Crippen molar-refractivity contribution in [2.75, 3.05) is 65.7 Å². The molecule has 1 heterocycles. The van der Waals surface area contributed by atoms with Crippen LogP contribution in [0.25, 0.3) is 0 Å². The van der Waals surface area contributed by atoms with E-state index in [9.17, 15) is 14.4 Å². The second kappa shape index (κ2) is 28.8. The Morgan fingerprint density at radius 3 is 1.93 bits per heavy atom. The van der Waals surface area contributed by atoms with Crippen molar-refractivity contribution >= 4 is 17.9 Å². The van der Waals surface area contributed by atoms with E-state index in [1.165, 1.54) is 0 Å². The molecule has 1 aliphatic rings. The molecule has 0 aromatic heterocycles. The summed E-state index contributed by atoms with van der Waals surface area (Å²) >= 11 is 0. The second-order valence-corrected chi connectivity index (χ2v) is 11.3. The van der Waals surface area contributed by atoms with Crippen LogP contribution in [0.3, 0.4) is 0 Å². The smallest absolute Gasteiger partial charge is 0.334 e. The van der Waals surface area contributed by atoms with E-state index in [-0.39, 0.29) is 44.8 Å². The molecule has 0 radical (unpaired) electrons. The molecule has 0 amide bonds. The lowest BCUT2D eigenvalue weighted by atomic mass is 10.2. The highest BCUT2D eigenvalue weighted by Gasteiger charge is 2.26. The van der Waals surface area contributed by atoms with Gasteiger partial charge >= 0.3 is 17.9 Å². The van der Waals surface area contributed by atoms with Gasteiger partial charge in [0.25, 0.3) is 0 Å². The van der Waals surface area contributed by atoms with Crippen LogP contribution < -0.4 is 5.32 Å². The molecular weight excluding hydrogens is 566 g/mol. The summed E-state index contributed by atoms with van der Waals surface area (Å²) in [5, 5.41) is 54.1. The molecule has 1 saturated heterocycles. The molecule has 0 aromatic carbocycles. The van der Waals surface area contributed by atoms with Crippen LogP contribution in [-0.2, 0) is 23.9 Å². The van der Waals surface area contributed by atoms with Gasteiger partial charge in [0.05, 0.1) is 45.4 Å². The number of nitrogens with one attached hydrogen (secondary N) is 1. The van der Waals surface area contributed by atoms with E-state index in [2.05, 4.69) is 24.1 Å². The summed E-state index contributed by atoms with van der Waals surface area (Å²) in [7, 11) is 0. The number of ether oxygens (including phenoxy) is 2. The second-order valence-electron chi connectivity index (χ2n) is 11.3. The Hall–Kier alpha value is -1.91. The van der Waals surface area contributed by atoms with Crippen molar-refractivity contribution in [3.05, 3.63) is 0 Å². The predicted molar refractivity (Wildman–Crippen MR) is 164 cm³/mol. The molecule has 14 heteroatoms. The first-order valence-corrected chi connectivity index (χ1v) is 15.0. The highest BCUT2D eigenvalue weighted by molar-refractivity contribution is 5.72. The van der Waals surface area contributed by atoms with Crippen LogP contribution in [0, 0.1) is 5.92 Å². The van der Waals surface area contributed by atoms with Crippen LogP contribution in [0.2, 0.25) is 0 Å². The van der Waals surface area contributed by atoms with Gasteiger partial charge in [0.1, 0.15) is 6.10 Å². The highest BCUT2D eigenvalue weighted by Crippen LogP contribution is 2.07. The average Bonchev–Trinajstić information content (AvgIpc) is 2.89. The predicted octanol–water partition coefficient (Wildman–Crippen LogP) is 0.815. The number of carboxylic acid groups (broad SMARTS) is 3. The lowest BCUT2D eigenvalue weighted by Crippen LogP contribution is -2.47. The Kier molecular flexibility index (Phi) is 30.5. The van der Waals surface area contributed by atoms with E-state index in [1.54, 1.807) is 0 Å². The number of carboxylic acids is 3. The molecule has 0 saturated carbocycles. The zero-order valence-electron chi connectivity index (χ0n) is 27.6. The van der Waals surface area contributed by atoms with Crippen LogP contribution in [0.4, 0.5) is 0 Å². The SMILES string of the molecule is CC(C)CN1CCOC(C(=O)O)C1.CC(C)N(CCO)CCC(=O)O.CC(C)NCCC(=O)O.CC(C)OCC(O)CO. The molecule has 0 aliphatic carbocycles. The van der Waals surface area contributed by atoms with Gasteiger partial charge < -0.3 is 45.4 Å². The Morgan fingerprint density at radius 1 is 0.953 bits per heavy atom. The fourth-order valence-electron chi connectivity index (χ4n) is 3.35. The van der Waals surface area contributed by atoms with Crippen LogP contribution in [0.15, 0.2) is 0 Å². The van der Waals surface area contributed by atoms with Crippen molar-refractivity contribution in [1.82, 2.24) is 15.1 Å². The number of aliphatic hydroxyl groups is 3. The Balaban J connectivity index is -0.000000504. The summed E-state index contributed by atoms with van der Waals surface area (Å²) in [6, 6.07) is 0.667. The standard InChI is InChI=1S/C9H17NO3.C8H17NO3.C6H13NO2.C6H14O3/c1-7(2)5-10-3-4-13-8(6-10)9(11)12;1-7(2)9(5-6-10)4-3-8(11)12;1-5(2)7-4-3-6(8)9;1-5(2)9-4-6(8)3-7/h7-8H,3-6H2,1-2H3,(H,11,12);7,10H,3-6H2,1-2H3,(H,11,12);5,7H,3-4H2,1-2H3,(H,8,9);5-8H,3-4H2,1-2H3. The van der Waals surface area contributed by atoms with Crippen molar-refractivity contribution in [2.45, 2.75) is 98.6 Å². The lowest BCUT2D eigenvalue weighted by molar-refractivity contribution is -0.156. The molecule has 258 valence electrons. The first kappa shape index (κ1) is 45.5. The molecule has 1 rings (SSSR count). The number of hydrogen-bond acceptors (Lipinski definition) is 11. The molecular formula is C29H61N3O11. The molecule has 2 unspecified atom stereocenters. The fourth-order valence-corrected chi connectivity index (χ4v) is 3.35. The average molecular weight is 628 g/mol. The third-order valence-electron chi connectivity index (χ3n) is 5.50. The van der Waals surface area contributed by atoms with Crippen LogP contribution >= 0.6 is 0 Å². The highest BCUT2D eigenvalue weighted by atomic mass is 16.5. The van der Waals surface area contributed by atoms with Crippen LogP contribution in [0.1, 0.15) is 68.2 Å². The first-order valence-electron chi connectivity index (χ1n) is 15.0. The van der Waals surface area contributed by atoms with E-state index in [4.69, 9.17) is 40.1 Å². The molecule has 2 atom stereocenters. The molecule has 0 aromatic rings. The molecule has 7 N–H and O–H groups in total. The largest absolute Gasteiger partial charge is 0.481 e. The summed E-state index contributed by atoms with van der Waals surface area (Å²) in [4.78, 5) is 34.9. The lowest BCUT2D eigenvalue weighted by Gasteiger charge is -2.31. The zero-order valence-corrected chi connectivity index (χ0v) is 27.6. The van der Waals surface area contributed by atoms with Crippen molar-refractivity contribution in [3.8, 4) is 0 Å². The first-order chi connectivity index (χ1) is 20.0. The fraction of sp³-hybridized carbons (Fsp3) is 0.897. The Bertz CT molecular complexity index is 695. The summed E-state index contributed by atoms with van der Waals surface area (Å²) < 4.78 is 10.1. The van der Waals surface area contributed by atoms with Crippen molar-refractivity contribution in [2.24, 2.45) is 5.92 Å². The van der Waals surface area contributed by atoms with E-state index in [1.807, 2.05) is 46.4 Å². The van der Waals surface area contributed by atoms with E-state index in [0.717, 1.165) is 13.1 Å². The summed E-state index contributed by atoms with van der Waals surface area (Å²) in [5.74, 6) is -1.82. The van der Waals surface area contributed by atoms with Crippen molar-refractivity contribution in [1.29, 1.82) is 0 Å². The maximum Gasteiger partial charge on any atom is 0.334 e. The zero-order chi connectivity index (χ0) is 34.0. The van der Waals surface area contributed by atoms with Crippen molar-refractivity contribution in [3.63, 3.8) is 0 Å². The number of morpholine rings is 1. The topological polar surface area (TPSA) is 210 Å². The third-order valence-corrected chi connectivity index (χ3v) is 5.50. The minimum atomic E-state index is -0.853. The van der Waals surface area contributed by atoms with E-state index in [0.29, 0.717) is 44.7 Å². The number of nitrogens with zero attached hydrogens (tertiary/aromatic N) is 2. The Morgan fingerprint density at radius 2 is 1.53 bits per heavy atom. The van der Waals surface area contributed by atoms with E-state index >= 15 is 0 Å². The quantitative estimate of drug-likeness (QED) is 0.119. The van der Waals surface area contributed by atoms with Gasteiger partial charge in [0.2, 0.25) is 0 Å². The van der Waals surface area contributed by atoms with Gasteiger partial charge in [0, 0.05) is 51.4 Å². The van der Waals surface area contributed by atoms with Gasteiger partial charge in [-0.15, -0.1) is 0 Å². The number of aliphatic carboxylic acids is 3. The molecule has 0 bridgehead atoms. The van der Waals surface area contributed by atoms with Gasteiger partial charge in [-0.05, 0) is 33.6 Å². The third kappa shape index (κ3) is 34.4. The van der Waals surface area contributed by atoms with Gasteiger partial charge in [-0.25, -0.2) is 4.79 Å². The maximum absolute atomic E-state index is 10.6. The molecule has 0 spiro atoms. The van der Waals surface area contributed by atoms with E-state index < -0.39 is 30.1 Å². The van der Waals surface area contributed by atoms with Gasteiger partial charge in [-0.2, -0.15) is 0 Å². The van der Waals surface area contributed by atoms with Crippen molar-refractivity contribution < 1.29 is 54.5 Å². The molecule has 1 fully saturated rings. The number of aliphatic hydroxyl groups excluding tert-OH is 3. The molecule has 14 nitrogen and oxygen atoms in total. The Labute approximate surface area is 258 Å². The van der Waals surface area contributed by atoms with Gasteiger partial charge in [0.15, 0.2) is 6.10 Å². The number of hydrogen-bond donors (Lipinski definition) is 7. The van der Waals surface area contributed by atoms with Crippen LogP contribution in [0.5, 0.6) is 0 Å². The molecule has 43 heavy (non-hydrogen) atoms. The van der Waals surface area contributed by atoms with Crippen LogP contribution in [-0.4, -0.2) is 154 Å². The normalized spacial score (nSPS) is 15.8. The number of rotatable bonds is 17. The summed E-state index contributed by atoms with van der Waals surface area (Å²) in [6.45, 7) is 20.5.